The fourth-order valence-corrected chi connectivity index (χ4v) is 5.77. The Bertz CT molecular complexity index is 845. The van der Waals surface area contributed by atoms with E-state index in [0.717, 1.165) is 62.1 Å². The van der Waals surface area contributed by atoms with E-state index in [9.17, 15) is 14.4 Å². The third-order valence-electron chi connectivity index (χ3n) is 6.69. The third-order valence-corrected chi connectivity index (χ3v) is 7.90. The molecule has 6 nitrogen and oxygen atoms in total. The highest BCUT2D eigenvalue weighted by Crippen LogP contribution is 2.41. The van der Waals surface area contributed by atoms with Crippen LogP contribution in [0.1, 0.15) is 68.6 Å². The molecule has 3 amide bonds. The molecule has 1 aromatic rings. The van der Waals surface area contributed by atoms with Gasteiger partial charge in [0.15, 0.2) is 0 Å². The van der Waals surface area contributed by atoms with Gasteiger partial charge in [0.05, 0.1) is 5.56 Å². The molecule has 0 spiro atoms. The maximum Gasteiger partial charge on any atom is 0.254 e. The minimum absolute atomic E-state index is 0. The van der Waals surface area contributed by atoms with Gasteiger partial charge in [-0.05, 0) is 69.3 Å². The van der Waals surface area contributed by atoms with Crippen molar-refractivity contribution in [2.75, 3.05) is 25.0 Å². The first kappa shape index (κ1) is 19.1. The van der Waals surface area contributed by atoms with Crippen LogP contribution in [0.15, 0.2) is 0 Å². The van der Waals surface area contributed by atoms with Crippen LogP contribution in [0.2, 0.25) is 0 Å². The number of nitrogens with one attached hydrogen (secondary N) is 2. The first-order valence-electron chi connectivity index (χ1n) is 11.1. The molecule has 4 aliphatic rings. The number of carbonyl (C=O) groups excluding carboxylic acids is 3. The quantitative estimate of drug-likeness (QED) is 0.741. The smallest absolute Gasteiger partial charge is 0.254 e. The minimum Gasteiger partial charge on any atom is -0.352 e. The Hall–Kier alpha value is -1.89. The molecule has 1 aliphatic heterocycles. The number of aryl methyl sites for hydroxylation is 1. The zero-order valence-corrected chi connectivity index (χ0v) is 17.6. The molecule has 1 unspecified atom stereocenters. The van der Waals surface area contributed by atoms with E-state index in [1.165, 1.54) is 12.8 Å². The highest BCUT2D eigenvalue weighted by Gasteiger charge is 2.36. The molecule has 2 saturated carbocycles. The van der Waals surface area contributed by atoms with Gasteiger partial charge in [0, 0.05) is 39.2 Å². The van der Waals surface area contributed by atoms with Crippen LogP contribution in [0.25, 0.3) is 0 Å². The van der Waals surface area contributed by atoms with Crippen LogP contribution in [0.3, 0.4) is 0 Å². The average Bonchev–Trinajstić information content (AvgIpc) is 3.64. The van der Waals surface area contributed by atoms with Crippen molar-refractivity contribution in [2.45, 2.75) is 57.8 Å². The van der Waals surface area contributed by atoms with Gasteiger partial charge in [0.1, 0.15) is 5.00 Å². The summed E-state index contributed by atoms with van der Waals surface area (Å²) in [6.45, 7) is 2.43. The molecule has 29 heavy (non-hydrogen) atoms. The average molecular weight is 420 g/mol. The molecule has 0 radical (unpaired) electrons. The van der Waals surface area contributed by atoms with E-state index in [2.05, 4.69) is 10.6 Å². The summed E-state index contributed by atoms with van der Waals surface area (Å²) in [5, 5.41) is 6.80. The Labute approximate surface area is 178 Å². The molecule has 2 N–H and O–H groups in total. The summed E-state index contributed by atoms with van der Waals surface area (Å²) in [7, 11) is 0. The van der Waals surface area contributed by atoms with Gasteiger partial charge in [-0.3, -0.25) is 14.4 Å². The van der Waals surface area contributed by atoms with E-state index in [1.807, 2.05) is 4.90 Å². The van der Waals surface area contributed by atoms with E-state index in [-0.39, 0.29) is 32.4 Å². The summed E-state index contributed by atoms with van der Waals surface area (Å²) in [6, 6.07) is 0. The summed E-state index contributed by atoms with van der Waals surface area (Å²) in [6.07, 6.45) is 8.68. The number of amides is 3. The number of hydrogen-bond acceptors (Lipinski definition) is 4. The Morgan fingerprint density at radius 2 is 1.79 bits per heavy atom. The van der Waals surface area contributed by atoms with Crippen molar-refractivity contribution in [2.24, 2.45) is 17.8 Å². The standard InChI is InChI=1S/C22H29N3O3S.2H2/c26-19(14-5-6-14)24-21-18(20(27)23-12-13-3-4-13)16-11-15(7-8-17(16)29-21)22(28)25-9-1-2-10-25;;/h13-15H,1-12H2,(H,23,27)(H,24,26);2*1H. The fourth-order valence-electron chi connectivity index (χ4n) is 4.53. The van der Waals surface area contributed by atoms with Crippen LogP contribution in [0.4, 0.5) is 5.00 Å². The van der Waals surface area contributed by atoms with Crippen molar-refractivity contribution in [3.8, 4) is 0 Å². The molecule has 160 valence electrons. The van der Waals surface area contributed by atoms with Crippen LogP contribution < -0.4 is 10.6 Å². The summed E-state index contributed by atoms with van der Waals surface area (Å²) in [4.78, 5) is 41.6. The number of rotatable bonds is 6. The lowest BCUT2D eigenvalue weighted by Crippen LogP contribution is -2.37. The lowest BCUT2D eigenvalue weighted by atomic mass is 9.85. The Morgan fingerprint density at radius 1 is 1.03 bits per heavy atom. The van der Waals surface area contributed by atoms with Gasteiger partial charge in [-0.1, -0.05) is 0 Å². The monoisotopic (exact) mass is 419 g/mol. The second-order valence-corrected chi connectivity index (χ2v) is 10.2. The van der Waals surface area contributed by atoms with Crippen LogP contribution in [0.5, 0.6) is 0 Å². The molecule has 7 heteroatoms. The zero-order chi connectivity index (χ0) is 20.0. The van der Waals surface area contributed by atoms with Crippen molar-refractivity contribution in [3.05, 3.63) is 16.0 Å². The number of hydrogen-bond donors (Lipinski definition) is 2. The van der Waals surface area contributed by atoms with E-state index in [0.29, 0.717) is 29.4 Å². The van der Waals surface area contributed by atoms with Gasteiger partial charge in [0.2, 0.25) is 11.8 Å². The maximum absolute atomic E-state index is 13.1. The predicted octanol–water partition coefficient (Wildman–Crippen LogP) is 3.46. The Kier molecular flexibility index (Phi) is 5.10. The lowest BCUT2D eigenvalue weighted by Gasteiger charge is -2.26. The van der Waals surface area contributed by atoms with Gasteiger partial charge < -0.3 is 15.5 Å². The third kappa shape index (κ3) is 4.06. The molecule has 3 fully saturated rings. The normalized spacial score (nSPS) is 23.6. The van der Waals surface area contributed by atoms with Crippen molar-refractivity contribution in [1.29, 1.82) is 0 Å². The van der Waals surface area contributed by atoms with Crippen molar-refractivity contribution in [3.63, 3.8) is 0 Å². The van der Waals surface area contributed by atoms with Gasteiger partial charge >= 0.3 is 0 Å². The second kappa shape index (κ2) is 7.74. The molecule has 0 bridgehead atoms. The predicted molar refractivity (Wildman–Crippen MR) is 116 cm³/mol. The number of likely N-dealkylation sites (tertiary alicyclic amines) is 1. The fraction of sp³-hybridized carbons (Fsp3) is 0.682. The van der Waals surface area contributed by atoms with E-state index >= 15 is 0 Å². The summed E-state index contributed by atoms with van der Waals surface area (Å²) in [5.41, 5.74) is 1.62. The molecule has 3 aliphatic carbocycles. The largest absolute Gasteiger partial charge is 0.352 e. The van der Waals surface area contributed by atoms with Crippen molar-refractivity contribution in [1.82, 2.24) is 10.2 Å². The van der Waals surface area contributed by atoms with Crippen molar-refractivity contribution >= 4 is 34.1 Å². The molecule has 1 aromatic heterocycles. The van der Waals surface area contributed by atoms with Gasteiger partial charge in [0.25, 0.3) is 5.91 Å². The van der Waals surface area contributed by atoms with Crippen LogP contribution >= 0.6 is 11.3 Å². The van der Waals surface area contributed by atoms with E-state index in [4.69, 9.17) is 0 Å². The molecule has 1 atom stereocenters. The molecule has 2 heterocycles. The van der Waals surface area contributed by atoms with E-state index in [1.54, 1.807) is 11.3 Å². The number of fused-ring (bicyclic) bond motifs is 1. The first-order valence-corrected chi connectivity index (χ1v) is 11.9. The Balaban J connectivity index is 0.00000136. The SMILES string of the molecule is O=C(NCC1CC1)c1c(NC(=O)C2CC2)sc2c1CC(C(=O)N1CCCC1)CC2.[HH].[HH]. The molecular weight excluding hydrogens is 386 g/mol. The zero-order valence-electron chi connectivity index (χ0n) is 16.8. The van der Waals surface area contributed by atoms with Crippen LogP contribution in [-0.4, -0.2) is 42.3 Å². The number of nitrogens with zero attached hydrogens (tertiary/aromatic N) is 1. The number of thiophene rings is 1. The summed E-state index contributed by atoms with van der Waals surface area (Å²) >= 11 is 1.54. The highest BCUT2D eigenvalue weighted by molar-refractivity contribution is 7.17. The molecule has 5 rings (SSSR count). The van der Waals surface area contributed by atoms with Crippen LogP contribution in [-0.2, 0) is 22.4 Å². The summed E-state index contributed by atoms with van der Waals surface area (Å²) < 4.78 is 0. The van der Waals surface area contributed by atoms with Gasteiger partial charge in [-0.2, -0.15) is 0 Å². The molecule has 0 aromatic carbocycles. The Morgan fingerprint density at radius 3 is 2.48 bits per heavy atom. The van der Waals surface area contributed by atoms with Crippen molar-refractivity contribution < 1.29 is 17.2 Å². The summed E-state index contributed by atoms with van der Waals surface area (Å²) in [5.74, 6) is 0.840. The highest BCUT2D eigenvalue weighted by atomic mass is 32.1. The van der Waals surface area contributed by atoms with Gasteiger partial charge in [-0.15, -0.1) is 11.3 Å². The topological polar surface area (TPSA) is 78.5 Å². The maximum atomic E-state index is 13.1. The molecule has 1 saturated heterocycles. The number of anilines is 1. The van der Waals surface area contributed by atoms with Gasteiger partial charge in [-0.25, -0.2) is 0 Å². The second-order valence-electron chi connectivity index (χ2n) is 9.10. The lowest BCUT2D eigenvalue weighted by molar-refractivity contribution is -0.134. The molecular formula is C22H33N3O3S. The minimum atomic E-state index is -0.0882. The number of carbonyl (C=O) groups is 3. The first-order chi connectivity index (χ1) is 14.1. The van der Waals surface area contributed by atoms with Crippen LogP contribution in [0, 0.1) is 17.8 Å². The van der Waals surface area contributed by atoms with E-state index < -0.39 is 0 Å².